The molecule has 1 fully saturated rings. The first-order valence-electron chi connectivity index (χ1n) is 5.15. The fourth-order valence-electron chi connectivity index (χ4n) is 2.29. The Labute approximate surface area is 84.9 Å². The molecule has 0 aliphatic carbocycles. The minimum absolute atomic E-state index is 0.580. The van der Waals surface area contributed by atoms with Gasteiger partial charge in [0.2, 0.25) is 0 Å². The average molecular weight is 191 g/mol. The van der Waals surface area contributed by atoms with Crippen LogP contribution in [0.25, 0.3) is 0 Å². The van der Waals surface area contributed by atoms with Crippen LogP contribution in [-0.4, -0.2) is 17.6 Å². The molecule has 2 unspecified atom stereocenters. The van der Waals surface area contributed by atoms with Gasteiger partial charge in [0, 0.05) is 18.8 Å². The maximum Gasteiger partial charge on any atom is 0.146 e. The maximum absolute atomic E-state index is 5.86. The fourth-order valence-corrected chi connectivity index (χ4v) is 2.29. The lowest BCUT2D eigenvalue weighted by Crippen LogP contribution is -2.27. The van der Waals surface area contributed by atoms with Gasteiger partial charge in [-0.2, -0.15) is 0 Å². The molecule has 2 atom stereocenters. The molecule has 1 aliphatic rings. The molecule has 2 N–H and O–H groups in total. The normalized spacial score (nSPS) is 26.9. The van der Waals surface area contributed by atoms with Crippen LogP contribution < -0.4 is 10.6 Å². The van der Waals surface area contributed by atoms with E-state index < -0.39 is 0 Å². The van der Waals surface area contributed by atoms with Crippen molar-refractivity contribution in [2.24, 2.45) is 5.92 Å². The smallest absolute Gasteiger partial charge is 0.146 e. The molecule has 0 radical (unpaired) electrons. The Kier molecular flexibility index (Phi) is 2.32. The van der Waals surface area contributed by atoms with Crippen LogP contribution in [0, 0.1) is 5.92 Å². The fraction of sp³-hybridized carbons (Fsp3) is 0.545. The summed E-state index contributed by atoms with van der Waals surface area (Å²) in [5.74, 6) is 1.40. The number of hydrogen-bond acceptors (Lipinski definition) is 3. The summed E-state index contributed by atoms with van der Waals surface area (Å²) in [6.07, 6.45) is 2.98. The van der Waals surface area contributed by atoms with Crippen molar-refractivity contribution in [1.29, 1.82) is 0 Å². The van der Waals surface area contributed by atoms with E-state index in [1.54, 1.807) is 6.20 Å². The van der Waals surface area contributed by atoms with Crippen LogP contribution >= 0.6 is 0 Å². The molecule has 76 valence electrons. The Morgan fingerprint density at radius 2 is 2.29 bits per heavy atom. The van der Waals surface area contributed by atoms with Crippen LogP contribution in [0.5, 0.6) is 0 Å². The average Bonchev–Trinajstić information content (AvgIpc) is 2.46. The van der Waals surface area contributed by atoms with Crippen molar-refractivity contribution in [1.82, 2.24) is 4.98 Å². The topological polar surface area (TPSA) is 42.2 Å². The molecule has 3 heteroatoms. The van der Waals surface area contributed by atoms with Gasteiger partial charge in [-0.3, -0.25) is 0 Å². The highest BCUT2D eigenvalue weighted by Crippen LogP contribution is 2.31. The SMILES string of the molecule is CC1CC(C)N(c2cccnc2N)C1. The zero-order valence-electron chi connectivity index (χ0n) is 8.77. The van der Waals surface area contributed by atoms with Gasteiger partial charge in [0.15, 0.2) is 0 Å². The number of nitrogen functional groups attached to an aromatic ring is 1. The molecule has 0 spiro atoms. The third-order valence-electron chi connectivity index (χ3n) is 2.91. The standard InChI is InChI=1S/C11H17N3/c1-8-6-9(2)14(7-8)10-4-3-5-13-11(10)12/h3-5,8-9H,6-7H2,1-2H3,(H2,12,13). The first-order chi connectivity index (χ1) is 6.68. The Hall–Kier alpha value is -1.25. The van der Waals surface area contributed by atoms with Crippen molar-refractivity contribution in [2.45, 2.75) is 26.3 Å². The van der Waals surface area contributed by atoms with Gasteiger partial charge in [0.25, 0.3) is 0 Å². The van der Waals surface area contributed by atoms with Gasteiger partial charge in [0.1, 0.15) is 5.82 Å². The van der Waals surface area contributed by atoms with Crippen LogP contribution in [0.4, 0.5) is 11.5 Å². The summed E-state index contributed by atoms with van der Waals surface area (Å²) in [6, 6.07) is 4.58. The molecule has 1 saturated heterocycles. The molecule has 2 rings (SSSR count). The van der Waals surface area contributed by atoms with Crippen LogP contribution in [-0.2, 0) is 0 Å². The second-order valence-corrected chi connectivity index (χ2v) is 4.25. The summed E-state index contributed by atoms with van der Waals surface area (Å²) in [4.78, 5) is 6.47. The molecule has 1 aliphatic heterocycles. The highest BCUT2D eigenvalue weighted by atomic mass is 15.2. The Morgan fingerprint density at radius 3 is 2.86 bits per heavy atom. The van der Waals surface area contributed by atoms with E-state index in [4.69, 9.17) is 5.73 Å². The number of nitrogens with two attached hydrogens (primary N) is 1. The van der Waals surface area contributed by atoms with E-state index in [-0.39, 0.29) is 0 Å². The molecule has 0 amide bonds. The number of pyridine rings is 1. The van der Waals surface area contributed by atoms with E-state index >= 15 is 0 Å². The van der Waals surface area contributed by atoms with Crippen molar-refractivity contribution >= 4 is 11.5 Å². The predicted octanol–water partition coefficient (Wildman–Crippen LogP) is 1.90. The lowest BCUT2D eigenvalue weighted by molar-refractivity contribution is 0.625. The molecule has 0 saturated carbocycles. The summed E-state index contributed by atoms with van der Waals surface area (Å²) in [5, 5.41) is 0. The van der Waals surface area contributed by atoms with Crippen molar-refractivity contribution < 1.29 is 0 Å². The highest BCUT2D eigenvalue weighted by molar-refractivity contribution is 5.63. The predicted molar refractivity (Wildman–Crippen MR) is 59.2 cm³/mol. The molecule has 3 nitrogen and oxygen atoms in total. The summed E-state index contributed by atoms with van der Waals surface area (Å²) >= 11 is 0. The first-order valence-corrected chi connectivity index (χ1v) is 5.15. The number of aromatic nitrogens is 1. The minimum atomic E-state index is 0.580. The molecule has 1 aromatic heterocycles. The van der Waals surface area contributed by atoms with Crippen molar-refractivity contribution in [2.75, 3.05) is 17.2 Å². The summed E-state index contributed by atoms with van der Waals surface area (Å²) in [7, 11) is 0. The van der Waals surface area contributed by atoms with Crippen LogP contribution in [0.1, 0.15) is 20.3 Å². The molecule has 2 heterocycles. The third-order valence-corrected chi connectivity index (χ3v) is 2.91. The van der Waals surface area contributed by atoms with E-state index in [9.17, 15) is 0 Å². The minimum Gasteiger partial charge on any atom is -0.382 e. The Balaban J connectivity index is 2.27. The lowest BCUT2D eigenvalue weighted by atomic mass is 10.1. The summed E-state index contributed by atoms with van der Waals surface area (Å²) < 4.78 is 0. The first kappa shape index (κ1) is 9.31. The van der Waals surface area contributed by atoms with Crippen LogP contribution in [0.15, 0.2) is 18.3 Å². The Bertz CT molecular complexity index is 324. The van der Waals surface area contributed by atoms with Gasteiger partial charge in [-0.1, -0.05) is 6.92 Å². The zero-order valence-corrected chi connectivity index (χ0v) is 8.77. The lowest BCUT2D eigenvalue weighted by Gasteiger charge is -2.24. The van der Waals surface area contributed by atoms with Crippen molar-refractivity contribution in [3.8, 4) is 0 Å². The second kappa shape index (κ2) is 3.48. The van der Waals surface area contributed by atoms with E-state index in [0.29, 0.717) is 11.9 Å². The molecule has 0 bridgehead atoms. The van der Waals surface area contributed by atoms with Crippen molar-refractivity contribution in [3.63, 3.8) is 0 Å². The number of hydrogen-bond donors (Lipinski definition) is 1. The van der Waals surface area contributed by atoms with Gasteiger partial charge in [-0.05, 0) is 31.4 Å². The van der Waals surface area contributed by atoms with Gasteiger partial charge in [-0.25, -0.2) is 4.98 Å². The van der Waals surface area contributed by atoms with Crippen LogP contribution in [0.2, 0.25) is 0 Å². The van der Waals surface area contributed by atoms with E-state index in [1.807, 2.05) is 6.07 Å². The molecular weight excluding hydrogens is 174 g/mol. The van der Waals surface area contributed by atoms with E-state index in [0.717, 1.165) is 18.2 Å². The number of rotatable bonds is 1. The highest BCUT2D eigenvalue weighted by Gasteiger charge is 2.27. The second-order valence-electron chi connectivity index (χ2n) is 4.25. The third kappa shape index (κ3) is 1.54. The quantitative estimate of drug-likeness (QED) is 0.737. The van der Waals surface area contributed by atoms with Gasteiger partial charge < -0.3 is 10.6 Å². The number of nitrogens with zero attached hydrogens (tertiary/aromatic N) is 2. The largest absolute Gasteiger partial charge is 0.382 e. The summed E-state index contributed by atoms with van der Waals surface area (Å²) in [6.45, 7) is 5.62. The molecule has 1 aromatic rings. The monoisotopic (exact) mass is 191 g/mol. The Morgan fingerprint density at radius 1 is 1.50 bits per heavy atom. The van der Waals surface area contributed by atoms with Crippen LogP contribution in [0.3, 0.4) is 0 Å². The van der Waals surface area contributed by atoms with E-state index in [1.165, 1.54) is 6.42 Å². The van der Waals surface area contributed by atoms with Crippen molar-refractivity contribution in [3.05, 3.63) is 18.3 Å². The number of anilines is 2. The maximum atomic E-state index is 5.86. The van der Waals surface area contributed by atoms with E-state index in [2.05, 4.69) is 29.8 Å². The van der Waals surface area contributed by atoms with Gasteiger partial charge in [0.05, 0.1) is 5.69 Å². The van der Waals surface area contributed by atoms with Gasteiger partial charge in [-0.15, -0.1) is 0 Å². The summed E-state index contributed by atoms with van der Waals surface area (Å²) in [5.41, 5.74) is 6.94. The molecular formula is C11H17N3. The molecule has 14 heavy (non-hydrogen) atoms. The molecule has 0 aromatic carbocycles. The van der Waals surface area contributed by atoms with Gasteiger partial charge >= 0.3 is 0 Å². The zero-order chi connectivity index (χ0) is 10.1.